The van der Waals surface area contributed by atoms with Crippen LogP contribution in [0.4, 0.5) is 0 Å². The first-order valence-corrected chi connectivity index (χ1v) is 7.86. The summed E-state index contributed by atoms with van der Waals surface area (Å²) >= 11 is 0. The van der Waals surface area contributed by atoms with Gasteiger partial charge in [-0.3, -0.25) is 14.6 Å². The van der Waals surface area contributed by atoms with Crippen LogP contribution >= 0.6 is 0 Å². The predicted octanol–water partition coefficient (Wildman–Crippen LogP) is 2.29. The summed E-state index contributed by atoms with van der Waals surface area (Å²) in [7, 11) is 0. The molecule has 0 atom stereocenters. The van der Waals surface area contributed by atoms with E-state index in [2.05, 4.69) is 10.3 Å². The molecule has 0 unspecified atom stereocenters. The van der Waals surface area contributed by atoms with Crippen molar-refractivity contribution < 1.29 is 14.7 Å². The predicted molar refractivity (Wildman–Crippen MR) is 83.5 cm³/mol. The second-order valence-electron chi connectivity index (χ2n) is 6.23. The maximum Gasteiger partial charge on any atom is 0.223 e. The van der Waals surface area contributed by atoms with Gasteiger partial charge in [-0.25, -0.2) is 0 Å². The number of Topliss-reactive ketones (excluding diaryl/α,β-unsaturated/α-hetero) is 1. The first-order valence-electron chi connectivity index (χ1n) is 7.86. The van der Waals surface area contributed by atoms with Crippen LogP contribution in [0.15, 0.2) is 12.1 Å². The molecular weight excluding hydrogens is 280 g/mol. The van der Waals surface area contributed by atoms with E-state index in [1.54, 1.807) is 19.1 Å². The van der Waals surface area contributed by atoms with Gasteiger partial charge in [-0.2, -0.15) is 0 Å². The van der Waals surface area contributed by atoms with Crippen LogP contribution in [0, 0.1) is 6.92 Å². The first-order chi connectivity index (χ1) is 10.4. The zero-order valence-corrected chi connectivity index (χ0v) is 13.3. The lowest BCUT2D eigenvalue weighted by Gasteiger charge is -2.31. The van der Waals surface area contributed by atoms with Crippen molar-refractivity contribution in [3.63, 3.8) is 0 Å². The summed E-state index contributed by atoms with van der Waals surface area (Å²) in [6.45, 7) is 3.61. The van der Waals surface area contributed by atoms with Gasteiger partial charge in [0.1, 0.15) is 0 Å². The molecule has 0 aromatic carbocycles. The van der Waals surface area contributed by atoms with Gasteiger partial charge < -0.3 is 10.4 Å². The summed E-state index contributed by atoms with van der Waals surface area (Å²) in [5.74, 6) is -0.167. The smallest absolute Gasteiger partial charge is 0.223 e. The van der Waals surface area contributed by atoms with E-state index in [-0.39, 0.29) is 18.1 Å². The second-order valence-corrected chi connectivity index (χ2v) is 6.23. The van der Waals surface area contributed by atoms with Crippen LogP contribution in [-0.2, 0) is 11.3 Å². The van der Waals surface area contributed by atoms with Gasteiger partial charge in [0.15, 0.2) is 5.78 Å². The first kappa shape index (κ1) is 16.6. The van der Waals surface area contributed by atoms with E-state index >= 15 is 0 Å². The highest BCUT2D eigenvalue weighted by Crippen LogP contribution is 2.30. The summed E-state index contributed by atoms with van der Waals surface area (Å²) in [5, 5.41) is 13.2. The number of pyridine rings is 1. The molecule has 2 rings (SSSR count). The number of aryl methyl sites for hydroxylation is 1. The molecule has 5 nitrogen and oxygen atoms in total. The number of hydrogen-bond donors (Lipinski definition) is 2. The third-order valence-corrected chi connectivity index (χ3v) is 4.26. The van der Waals surface area contributed by atoms with Gasteiger partial charge in [0.25, 0.3) is 0 Å². The highest BCUT2D eigenvalue weighted by Gasteiger charge is 2.31. The molecule has 1 amide bonds. The van der Waals surface area contributed by atoms with E-state index in [4.69, 9.17) is 0 Å². The molecule has 1 aliphatic carbocycles. The minimum atomic E-state index is -0.843. The zero-order valence-electron chi connectivity index (χ0n) is 13.3. The summed E-state index contributed by atoms with van der Waals surface area (Å²) in [4.78, 5) is 27.7. The summed E-state index contributed by atoms with van der Waals surface area (Å²) in [6, 6.07) is 3.49. The molecule has 5 heteroatoms. The van der Waals surface area contributed by atoms with Gasteiger partial charge in [0, 0.05) is 11.3 Å². The SMILES string of the molecule is CC(=O)c1ccc(CNC(=O)CC2(O)CCCCC2)nc1C. The lowest BCUT2D eigenvalue weighted by atomic mass is 9.82. The maximum absolute atomic E-state index is 12.0. The minimum absolute atomic E-state index is 0.0138. The van der Waals surface area contributed by atoms with Gasteiger partial charge in [-0.15, -0.1) is 0 Å². The van der Waals surface area contributed by atoms with Crippen LogP contribution in [0.1, 0.15) is 67.2 Å². The molecule has 1 fully saturated rings. The number of aliphatic hydroxyl groups is 1. The molecule has 2 N–H and O–H groups in total. The maximum atomic E-state index is 12.0. The molecule has 0 bridgehead atoms. The Labute approximate surface area is 131 Å². The van der Waals surface area contributed by atoms with E-state index in [0.29, 0.717) is 36.3 Å². The molecule has 0 saturated heterocycles. The zero-order chi connectivity index (χ0) is 16.2. The Balaban J connectivity index is 1.88. The molecule has 1 saturated carbocycles. The van der Waals surface area contributed by atoms with Gasteiger partial charge in [-0.05, 0) is 38.8 Å². The van der Waals surface area contributed by atoms with Gasteiger partial charge in [-0.1, -0.05) is 19.3 Å². The molecule has 0 spiro atoms. The third-order valence-electron chi connectivity index (χ3n) is 4.26. The van der Waals surface area contributed by atoms with E-state index in [1.165, 1.54) is 6.92 Å². The molecule has 0 aliphatic heterocycles. The van der Waals surface area contributed by atoms with Gasteiger partial charge in [0.05, 0.1) is 24.3 Å². The summed E-state index contributed by atoms with van der Waals surface area (Å²) in [6.07, 6.45) is 4.65. The fraction of sp³-hybridized carbons (Fsp3) is 0.588. The number of rotatable bonds is 5. The van der Waals surface area contributed by atoms with Gasteiger partial charge in [0.2, 0.25) is 5.91 Å². The van der Waals surface area contributed by atoms with E-state index in [0.717, 1.165) is 19.3 Å². The molecule has 1 aromatic heterocycles. The van der Waals surface area contributed by atoms with Crippen LogP contribution < -0.4 is 5.32 Å². The van der Waals surface area contributed by atoms with Crippen LogP contribution in [0.25, 0.3) is 0 Å². The Morgan fingerprint density at radius 2 is 1.95 bits per heavy atom. The van der Waals surface area contributed by atoms with E-state index < -0.39 is 5.60 Å². The molecule has 1 aliphatic rings. The number of nitrogens with zero attached hydrogens (tertiary/aromatic N) is 1. The van der Waals surface area contributed by atoms with Crippen molar-refractivity contribution in [1.82, 2.24) is 10.3 Å². The summed E-state index contributed by atoms with van der Waals surface area (Å²) in [5.41, 5.74) is 1.15. The average molecular weight is 304 g/mol. The van der Waals surface area contributed by atoms with Crippen LogP contribution in [0.3, 0.4) is 0 Å². The normalized spacial score (nSPS) is 17.0. The molecule has 1 heterocycles. The molecule has 0 radical (unpaired) electrons. The minimum Gasteiger partial charge on any atom is -0.389 e. The standard InChI is InChI=1S/C17H24N2O3/c1-12-15(13(2)20)7-6-14(19-12)11-18-16(21)10-17(22)8-4-3-5-9-17/h6-7,22H,3-5,8-11H2,1-2H3,(H,18,21). The van der Waals surface area contributed by atoms with Crippen LogP contribution in [-0.4, -0.2) is 27.4 Å². The Morgan fingerprint density at radius 3 is 2.55 bits per heavy atom. The van der Waals surface area contributed by atoms with E-state index in [1.807, 2.05) is 0 Å². The van der Waals surface area contributed by atoms with E-state index in [9.17, 15) is 14.7 Å². The van der Waals surface area contributed by atoms with Crippen molar-refractivity contribution in [1.29, 1.82) is 0 Å². The Bertz CT molecular complexity index is 563. The quantitative estimate of drug-likeness (QED) is 0.818. The number of hydrogen-bond acceptors (Lipinski definition) is 4. The Morgan fingerprint density at radius 1 is 1.27 bits per heavy atom. The molecule has 22 heavy (non-hydrogen) atoms. The average Bonchev–Trinajstić information content (AvgIpc) is 2.45. The topological polar surface area (TPSA) is 79.3 Å². The van der Waals surface area contributed by atoms with Crippen molar-refractivity contribution in [2.45, 2.75) is 64.5 Å². The number of aromatic nitrogens is 1. The van der Waals surface area contributed by atoms with Crippen molar-refractivity contribution in [2.24, 2.45) is 0 Å². The Hall–Kier alpha value is -1.75. The number of nitrogens with one attached hydrogen (secondary N) is 1. The largest absolute Gasteiger partial charge is 0.389 e. The second kappa shape index (κ2) is 7.01. The van der Waals surface area contributed by atoms with Crippen LogP contribution in [0.5, 0.6) is 0 Å². The Kier molecular flexibility index (Phi) is 5.29. The van der Waals surface area contributed by atoms with Gasteiger partial charge >= 0.3 is 0 Å². The molecule has 120 valence electrons. The van der Waals surface area contributed by atoms with Crippen molar-refractivity contribution in [2.75, 3.05) is 0 Å². The number of amides is 1. The molecule has 1 aromatic rings. The van der Waals surface area contributed by atoms with Crippen molar-refractivity contribution >= 4 is 11.7 Å². The highest BCUT2D eigenvalue weighted by molar-refractivity contribution is 5.95. The highest BCUT2D eigenvalue weighted by atomic mass is 16.3. The number of ketones is 1. The van der Waals surface area contributed by atoms with Crippen molar-refractivity contribution in [3.05, 3.63) is 29.1 Å². The fourth-order valence-corrected chi connectivity index (χ4v) is 3.02. The van der Waals surface area contributed by atoms with Crippen LogP contribution in [0.2, 0.25) is 0 Å². The molecular formula is C17H24N2O3. The monoisotopic (exact) mass is 304 g/mol. The van der Waals surface area contributed by atoms with Crippen molar-refractivity contribution in [3.8, 4) is 0 Å². The third kappa shape index (κ3) is 4.37. The summed E-state index contributed by atoms with van der Waals surface area (Å²) < 4.78 is 0. The fourth-order valence-electron chi connectivity index (χ4n) is 3.02. The number of carbonyl (C=O) groups is 2. The lowest BCUT2D eigenvalue weighted by molar-refractivity contribution is -0.127. The lowest BCUT2D eigenvalue weighted by Crippen LogP contribution is -2.38. The number of carbonyl (C=O) groups excluding carboxylic acids is 2.